The first kappa shape index (κ1) is 7.76. The Balaban J connectivity index is 2.33. The van der Waals surface area contributed by atoms with Crippen molar-refractivity contribution in [3.8, 4) is 11.5 Å². The summed E-state index contributed by atoms with van der Waals surface area (Å²) in [6.07, 6.45) is 1.77. The Kier molecular flexibility index (Phi) is 1.64. The molecule has 3 aromatic rings. The van der Waals surface area contributed by atoms with Crippen molar-refractivity contribution in [2.75, 3.05) is 0 Å². The van der Waals surface area contributed by atoms with Gasteiger partial charge in [-0.05, 0) is 0 Å². The van der Waals surface area contributed by atoms with Crippen molar-refractivity contribution in [2.24, 2.45) is 0 Å². The molecule has 0 unspecified atom stereocenters. The molecule has 2 aromatic heterocycles. The van der Waals surface area contributed by atoms with E-state index in [-0.39, 0.29) is 0 Å². The van der Waals surface area contributed by atoms with Gasteiger partial charge in [0.05, 0.1) is 11.8 Å². The van der Waals surface area contributed by atoms with E-state index in [0.29, 0.717) is 0 Å². The topological polar surface area (TPSA) is 26.0 Å². The molecule has 2 heterocycles. The zero-order valence-electron chi connectivity index (χ0n) is 7.31. The number of nitrogens with zero attached hydrogens (tertiary/aromatic N) is 1. The van der Waals surface area contributed by atoms with Crippen LogP contribution in [0.2, 0.25) is 0 Å². The van der Waals surface area contributed by atoms with Gasteiger partial charge >= 0.3 is 0 Å². The van der Waals surface area contributed by atoms with E-state index >= 15 is 0 Å². The van der Waals surface area contributed by atoms with Crippen LogP contribution in [0, 0.1) is 0 Å². The molecule has 0 aliphatic rings. The second-order valence-corrected chi connectivity index (χ2v) is 3.74. The fraction of sp³-hybridized carbons (Fsp3) is 0. The van der Waals surface area contributed by atoms with Gasteiger partial charge in [-0.2, -0.15) is 0 Å². The molecule has 3 rings (SSSR count). The molecular formula is C11H7NOS. The summed E-state index contributed by atoms with van der Waals surface area (Å²) in [5.41, 5.74) is 2.73. The van der Waals surface area contributed by atoms with Crippen LogP contribution in [-0.2, 0) is 0 Å². The molecule has 1 aromatic carbocycles. The van der Waals surface area contributed by atoms with Crippen LogP contribution in [0.4, 0.5) is 0 Å². The first-order chi connectivity index (χ1) is 6.95. The third kappa shape index (κ3) is 1.06. The monoisotopic (exact) mass is 201 g/mol. The highest BCUT2D eigenvalue weighted by molar-refractivity contribution is 7.07. The molecule has 68 valence electrons. The van der Waals surface area contributed by atoms with Gasteiger partial charge in [0.1, 0.15) is 5.69 Å². The zero-order valence-corrected chi connectivity index (χ0v) is 8.12. The van der Waals surface area contributed by atoms with Gasteiger partial charge in [0.15, 0.2) is 5.76 Å². The van der Waals surface area contributed by atoms with Crippen LogP contribution < -0.4 is 0 Å². The van der Waals surface area contributed by atoms with Crippen molar-refractivity contribution in [1.29, 1.82) is 0 Å². The number of rotatable bonds is 1. The Morgan fingerprint density at radius 3 is 3.00 bits per heavy atom. The summed E-state index contributed by atoms with van der Waals surface area (Å²) in [6.45, 7) is 0. The Labute approximate surface area is 84.8 Å². The summed E-state index contributed by atoms with van der Waals surface area (Å²) in [6, 6.07) is 8.10. The lowest BCUT2D eigenvalue weighted by molar-refractivity contribution is 0.585. The van der Waals surface area contributed by atoms with E-state index in [9.17, 15) is 0 Å². The number of thiazole rings is 1. The minimum absolute atomic E-state index is 0.863. The molecule has 0 aliphatic carbocycles. The Morgan fingerprint density at radius 1 is 1.21 bits per heavy atom. The predicted octanol–water partition coefficient (Wildman–Crippen LogP) is 3.56. The molecule has 0 amide bonds. The fourth-order valence-corrected chi connectivity index (χ4v) is 2.05. The third-order valence-corrected chi connectivity index (χ3v) is 2.76. The number of hydrogen-bond acceptors (Lipinski definition) is 3. The second-order valence-electron chi connectivity index (χ2n) is 3.03. The summed E-state index contributed by atoms with van der Waals surface area (Å²) in [5.74, 6) is 0.863. The van der Waals surface area contributed by atoms with E-state index in [1.54, 1.807) is 17.6 Å². The average molecular weight is 201 g/mol. The molecule has 0 N–H and O–H groups in total. The maximum atomic E-state index is 5.50. The molecule has 0 bridgehead atoms. The molecular weight excluding hydrogens is 194 g/mol. The van der Waals surface area contributed by atoms with Crippen LogP contribution >= 0.6 is 11.3 Å². The van der Waals surface area contributed by atoms with Crippen LogP contribution in [0.25, 0.3) is 22.2 Å². The molecule has 0 radical (unpaired) electrons. The highest BCUT2D eigenvalue weighted by Gasteiger charge is 2.08. The third-order valence-electron chi connectivity index (χ3n) is 2.17. The van der Waals surface area contributed by atoms with E-state index in [2.05, 4.69) is 4.98 Å². The number of hydrogen-bond donors (Lipinski definition) is 0. The van der Waals surface area contributed by atoms with Crippen LogP contribution in [-0.4, -0.2) is 4.98 Å². The molecule has 0 aliphatic heterocycles. The van der Waals surface area contributed by atoms with Crippen molar-refractivity contribution >= 4 is 22.1 Å². The van der Waals surface area contributed by atoms with Gasteiger partial charge in [-0.15, -0.1) is 11.3 Å². The second kappa shape index (κ2) is 2.96. The Morgan fingerprint density at radius 2 is 2.14 bits per heavy atom. The van der Waals surface area contributed by atoms with Gasteiger partial charge in [0.25, 0.3) is 0 Å². The molecule has 0 atom stereocenters. The van der Waals surface area contributed by atoms with Crippen molar-refractivity contribution in [1.82, 2.24) is 4.98 Å². The van der Waals surface area contributed by atoms with E-state index < -0.39 is 0 Å². The lowest BCUT2D eigenvalue weighted by atomic mass is 10.1. The largest absolute Gasteiger partial charge is 0.461 e. The van der Waals surface area contributed by atoms with E-state index in [1.807, 2.05) is 35.2 Å². The molecule has 2 nitrogen and oxygen atoms in total. The quantitative estimate of drug-likeness (QED) is 0.601. The number of aromatic nitrogens is 1. The Hall–Kier alpha value is -1.61. The van der Waals surface area contributed by atoms with Crippen molar-refractivity contribution in [2.45, 2.75) is 0 Å². The summed E-state index contributed by atoms with van der Waals surface area (Å²) in [5, 5.41) is 4.24. The smallest absolute Gasteiger partial charge is 0.160 e. The molecule has 0 saturated carbocycles. The van der Waals surface area contributed by atoms with Gasteiger partial charge in [-0.3, -0.25) is 0 Å². The number of furan rings is 1. The van der Waals surface area contributed by atoms with Gasteiger partial charge < -0.3 is 4.42 Å². The highest BCUT2D eigenvalue weighted by Crippen LogP contribution is 2.29. The van der Waals surface area contributed by atoms with Gasteiger partial charge in [-0.25, -0.2) is 4.98 Å². The predicted molar refractivity (Wildman–Crippen MR) is 57.3 cm³/mol. The van der Waals surface area contributed by atoms with E-state index in [1.165, 1.54) is 0 Å². The van der Waals surface area contributed by atoms with Gasteiger partial charge in [0, 0.05) is 16.2 Å². The van der Waals surface area contributed by atoms with E-state index in [0.717, 1.165) is 22.2 Å². The maximum Gasteiger partial charge on any atom is 0.160 e. The van der Waals surface area contributed by atoms with Crippen LogP contribution in [0.3, 0.4) is 0 Å². The lowest BCUT2D eigenvalue weighted by Gasteiger charge is -1.90. The number of benzene rings is 1. The minimum Gasteiger partial charge on any atom is -0.461 e. The molecule has 0 fully saturated rings. The fourth-order valence-electron chi connectivity index (χ4n) is 1.52. The summed E-state index contributed by atoms with van der Waals surface area (Å²) < 4.78 is 5.50. The van der Waals surface area contributed by atoms with Crippen molar-refractivity contribution < 1.29 is 4.42 Å². The van der Waals surface area contributed by atoms with Crippen LogP contribution in [0.5, 0.6) is 0 Å². The SMILES string of the molecule is c1ccc2c(-c3cscn3)occ2c1. The zero-order chi connectivity index (χ0) is 9.38. The average Bonchev–Trinajstić information content (AvgIpc) is 2.85. The summed E-state index contributed by atoms with van der Waals surface area (Å²) in [4.78, 5) is 4.23. The first-order valence-corrected chi connectivity index (χ1v) is 5.24. The van der Waals surface area contributed by atoms with Crippen molar-refractivity contribution in [3.05, 3.63) is 41.4 Å². The first-order valence-electron chi connectivity index (χ1n) is 4.30. The Bertz CT molecular complexity index is 553. The van der Waals surface area contributed by atoms with Gasteiger partial charge in [0.2, 0.25) is 0 Å². The minimum atomic E-state index is 0.863. The van der Waals surface area contributed by atoms with Crippen LogP contribution in [0.1, 0.15) is 0 Å². The molecule has 0 spiro atoms. The molecule has 3 heteroatoms. The number of fused-ring (bicyclic) bond motifs is 1. The summed E-state index contributed by atoms with van der Waals surface area (Å²) >= 11 is 1.58. The van der Waals surface area contributed by atoms with Gasteiger partial charge in [-0.1, -0.05) is 24.3 Å². The normalized spacial score (nSPS) is 10.9. The van der Waals surface area contributed by atoms with Crippen molar-refractivity contribution in [3.63, 3.8) is 0 Å². The van der Waals surface area contributed by atoms with E-state index in [4.69, 9.17) is 4.42 Å². The molecule has 14 heavy (non-hydrogen) atoms. The standard InChI is InChI=1S/C11H7NOS/c1-2-4-9-8(3-1)5-13-11(9)10-6-14-7-12-10/h1-7H. The maximum absolute atomic E-state index is 5.50. The lowest BCUT2D eigenvalue weighted by Crippen LogP contribution is -1.72. The molecule has 0 saturated heterocycles. The summed E-state index contributed by atoms with van der Waals surface area (Å²) in [7, 11) is 0. The van der Waals surface area contributed by atoms with Crippen LogP contribution in [0.15, 0.2) is 45.8 Å². The highest BCUT2D eigenvalue weighted by atomic mass is 32.1.